The largest absolute Gasteiger partial charge is 0.507 e. The maximum atomic E-state index is 12.8. The topological polar surface area (TPSA) is 88.8 Å². The SMILES string of the molecule is COc1ccc2c(c1)c(/C(O)=C/C(=O)C(=O)O)cn2Cc1ccc(C(F)(F)F)cc1. The molecule has 0 bridgehead atoms. The molecule has 6 nitrogen and oxygen atoms in total. The summed E-state index contributed by atoms with van der Waals surface area (Å²) in [5, 5.41) is 19.5. The smallest absolute Gasteiger partial charge is 0.416 e. The number of rotatable bonds is 6. The number of hydrogen-bond donors (Lipinski definition) is 2. The van der Waals surface area contributed by atoms with Gasteiger partial charge in [0, 0.05) is 35.3 Å². The summed E-state index contributed by atoms with van der Waals surface area (Å²) in [7, 11) is 1.45. The van der Waals surface area contributed by atoms with Crippen molar-refractivity contribution in [2.75, 3.05) is 7.11 Å². The van der Waals surface area contributed by atoms with E-state index in [1.54, 1.807) is 22.8 Å². The van der Waals surface area contributed by atoms with Crippen LogP contribution >= 0.6 is 0 Å². The maximum absolute atomic E-state index is 12.8. The predicted molar refractivity (Wildman–Crippen MR) is 102 cm³/mol. The Bertz CT molecular complexity index is 1140. The van der Waals surface area contributed by atoms with Gasteiger partial charge in [-0.15, -0.1) is 0 Å². The molecule has 0 aliphatic heterocycles. The molecule has 1 heterocycles. The zero-order chi connectivity index (χ0) is 22.1. The van der Waals surface area contributed by atoms with Gasteiger partial charge in [0.2, 0.25) is 0 Å². The van der Waals surface area contributed by atoms with E-state index >= 15 is 0 Å². The van der Waals surface area contributed by atoms with E-state index in [0.29, 0.717) is 28.3 Å². The lowest BCUT2D eigenvalue weighted by molar-refractivity contribution is -0.146. The Morgan fingerprint density at radius 1 is 1.10 bits per heavy atom. The van der Waals surface area contributed by atoms with Gasteiger partial charge in [-0.05, 0) is 35.9 Å². The van der Waals surface area contributed by atoms with E-state index in [2.05, 4.69) is 0 Å². The molecule has 0 amide bonds. The summed E-state index contributed by atoms with van der Waals surface area (Å²) in [6.45, 7) is 0.182. The third kappa shape index (κ3) is 4.29. The van der Waals surface area contributed by atoms with Crippen molar-refractivity contribution in [1.82, 2.24) is 4.57 Å². The zero-order valence-corrected chi connectivity index (χ0v) is 15.6. The number of fused-ring (bicyclic) bond motifs is 1. The van der Waals surface area contributed by atoms with Crippen LogP contribution in [0, 0.1) is 0 Å². The minimum Gasteiger partial charge on any atom is -0.507 e. The van der Waals surface area contributed by atoms with E-state index in [9.17, 15) is 27.9 Å². The Kier molecular flexibility index (Phi) is 5.55. The number of carbonyl (C=O) groups excluding carboxylic acids is 1. The number of carbonyl (C=O) groups is 2. The molecule has 0 saturated heterocycles. The first-order valence-electron chi connectivity index (χ1n) is 8.61. The Labute approximate surface area is 168 Å². The van der Waals surface area contributed by atoms with Crippen molar-refractivity contribution >= 4 is 28.4 Å². The highest BCUT2D eigenvalue weighted by Crippen LogP contribution is 2.32. The summed E-state index contributed by atoms with van der Waals surface area (Å²) < 4.78 is 45.1. The normalized spacial score (nSPS) is 12.2. The fourth-order valence-electron chi connectivity index (χ4n) is 3.00. The number of benzene rings is 2. The molecule has 1 aromatic heterocycles. The van der Waals surface area contributed by atoms with Gasteiger partial charge in [-0.1, -0.05) is 12.1 Å². The van der Waals surface area contributed by atoms with Gasteiger partial charge in [-0.25, -0.2) is 4.79 Å². The van der Waals surface area contributed by atoms with Gasteiger partial charge in [-0.3, -0.25) is 4.79 Å². The molecule has 0 saturated carbocycles. The van der Waals surface area contributed by atoms with Gasteiger partial charge in [0.25, 0.3) is 5.78 Å². The van der Waals surface area contributed by atoms with Crippen LogP contribution in [0.15, 0.2) is 54.7 Å². The number of carboxylic acid groups (broad SMARTS) is 1. The first-order chi connectivity index (χ1) is 14.1. The van der Waals surface area contributed by atoms with Crippen molar-refractivity contribution in [3.05, 3.63) is 71.4 Å². The van der Waals surface area contributed by atoms with E-state index in [1.807, 2.05) is 0 Å². The number of ketones is 1. The first-order valence-corrected chi connectivity index (χ1v) is 8.61. The molecule has 9 heteroatoms. The molecule has 0 aliphatic rings. The van der Waals surface area contributed by atoms with Crippen molar-refractivity contribution in [3.63, 3.8) is 0 Å². The quantitative estimate of drug-likeness (QED) is 0.354. The molecule has 0 atom stereocenters. The number of carboxylic acids is 1. The molecular weight excluding hydrogens is 403 g/mol. The lowest BCUT2D eigenvalue weighted by Gasteiger charge is -2.09. The second-order valence-corrected chi connectivity index (χ2v) is 6.45. The number of hydrogen-bond acceptors (Lipinski definition) is 4. The lowest BCUT2D eigenvalue weighted by atomic mass is 10.1. The average molecular weight is 419 g/mol. The number of aliphatic carboxylic acids is 1. The van der Waals surface area contributed by atoms with Crippen LogP contribution in [0.3, 0.4) is 0 Å². The van der Waals surface area contributed by atoms with Gasteiger partial charge in [0.05, 0.1) is 12.7 Å². The molecule has 3 rings (SSSR count). The minimum absolute atomic E-state index is 0.182. The molecular formula is C21H16F3NO5. The van der Waals surface area contributed by atoms with E-state index < -0.39 is 29.3 Å². The first kappa shape index (κ1) is 21.0. The van der Waals surface area contributed by atoms with E-state index in [4.69, 9.17) is 9.84 Å². The number of alkyl halides is 3. The Balaban J connectivity index is 2.05. The molecule has 0 aliphatic carbocycles. The van der Waals surface area contributed by atoms with Crippen molar-refractivity contribution < 1.29 is 37.7 Å². The standard InChI is InChI=1S/C21H16F3NO5/c1-30-14-6-7-17-15(8-14)16(18(26)9-19(27)20(28)29)11-25(17)10-12-2-4-13(5-3-12)21(22,23)24/h2-9,11,26H,10H2,1H3,(H,28,29)/b18-9-. The molecule has 2 N–H and O–H groups in total. The number of methoxy groups -OCH3 is 1. The van der Waals surface area contributed by atoms with Crippen molar-refractivity contribution in [1.29, 1.82) is 0 Å². The van der Waals surface area contributed by atoms with Crippen molar-refractivity contribution in [2.45, 2.75) is 12.7 Å². The summed E-state index contributed by atoms with van der Waals surface area (Å²) in [4.78, 5) is 22.2. The molecule has 156 valence electrons. The molecule has 3 aromatic rings. The summed E-state index contributed by atoms with van der Waals surface area (Å²) >= 11 is 0. The van der Waals surface area contributed by atoms with Gasteiger partial charge in [0.15, 0.2) is 0 Å². The van der Waals surface area contributed by atoms with Crippen LogP contribution in [0.1, 0.15) is 16.7 Å². The second-order valence-electron chi connectivity index (χ2n) is 6.45. The molecule has 30 heavy (non-hydrogen) atoms. The molecule has 0 spiro atoms. The van der Waals surface area contributed by atoms with Crippen LogP contribution in [0.4, 0.5) is 13.2 Å². The van der Waals surface area contributed by atoms with Gasteiger partial charge in [0.1, 0.15) is 11.5 Å². The van der Waals surface area contributed by atoms with Crippen molar-refractivity contribution in [3.8, 4) is 5.75 Å². The third-order valence-corrected chi connectivity index (χ3v) is 4.48. The summed E-state index contributed by atoms with van der Waals surface area (Å²) in [6, 6.07) is 9.61. The predicted octanol–water partition coefficient (Wildman–Crippen LogP) is 4.27. The number of ether oxygens (including phenoxy) is 1. The number of halogens is 3. The number of aromatic nitrogens is 1. The highest BCUT2D eigenvalue weighted by molar-refractivity contribution is 6.38. The monoisotopic (exact) mass is 419 g/mol. The number of nitrogens with zero attached hydrogens (tertiary/aromatic N) is 1. The highest BCUT2D eigenvalue weighted by atomic mass is 19.4. The average Bonchev–Trinajstić information content (AvgIpc) is 3.05. The van der Waals surface area contributed by atoms with Crippen LogP contribution in [0.25, 0.3) is 16.7 Å². The summed E-state index contributed by atoms with van der Waals surface area (Å²) in [5.74, 6) is -3.09. The zero-order valence-electron chi connectivity index (χ0n) is 15.6. The Morgan fingerprint density at radius 3 is 2.33 bits per heavy atom. The van der Waals surface area contributed by atoms with Crippen molar-refractivity contribution in [2.24, 2.45) is 0 Å². The van der Waals surface area contributed by atoms with Gasteiger partial charge < -0.3 is 19.5 Å². The fraction of sp³-hybridized carbons (Fsp3) is 0.143. The van der Waals surface area contributed by atoms with Crippen LogP contribution < -0.4 is 4.74 Å². The summed E-state index contributed by atoms with van der Waals surface area (Å²) in [6.07, 6.45) is -2.35. The van der Waals surface area contributed by atoms with E-state index in [0.717, 1.165) is 12.1 Å². The molecule has 0 unspecified atom stereocenters. The molecule has 0 radical (unpaired) electrons. The fourth-order valence-corrected chi connectivity index (χ4v) is 3.00. The van der Waals surface area contributed by atoms with Crippen LogP contribution in [0.5, 0.6) is 5.75 Å². The van der Waals surface area contributed by atoms with Crippen LogP contribution in [-0.4, -0.2) is 33.6 Å². The van der Waals surface area contributed by atoms with E-state index in [-0.39, 0.29) is 12.1 Å². The van der Waals surface area contributed by atoms with Crippen LogP contribution in [0.2, 0.25) is 0 Å². The number of aliphatic hydroxyl groups is 1. The van der Waals surface area contributed by atoms with Gasteiger partial charge >= 0.3 is 12.1 Å². The lowest BCUT2D eigenvalue weighted by Crippen LogP contribution is -2.09. The molecule has 0 fully saturated rings. The third-order valence-electron chi connectivity index (χ3n) is 4.48. The number of aliphatic hydroxyl groups excluding tert-OH is 1. The Morgan fingerprint density at radius 2 is 1.77 bits per heavy atom. The Hall–Kier alpha value is -3.75. The molecule has 2 aromatic carbocycles. The van der Waals surface area contributed by atoms with Crippen LogP contribution in [-0.2, 0) is 22.3 Å². The van der Waals surface area contributed by atoms with Gasteiger partial charge in [-0.2, -0.15) is 13.2 Å². The maximum Gasteiger partial charge on any atom is 0.416 e. The second kappa shape index (κ2) is 7.94. The highest BCUT2D eigenvalue weighted by Gasteiger charge is 2.30. The minimum atomic E-state index is -4.43. The summed E-state index contributed by atoms with van der Waals surface area (Å²) in [5.41, 5.74) is 0.605. The van der Waals surface area contributed by atoms with E-state index in [1.165, 1.54) is 25.4 Å².